The predicted molar refractivity (Wildman–Crippen MR) is 133 cm³/mol. The third-order valence-corrected chi connectivity index (χ3v) is 6.63. The van der Waals surface area contributed by atoms with Gasteiger partial charge in [-0.1, -0.05) is 30.3 Å². The van der Waals surface area contributed by atoms with Crippen molar-refractivity contribution in [2.75, 3.05) is 11.9 Å². The molecular weight excluding hydrogens is 468 g/mol. The number of aryl methyl sites for hydroxylation is 2. The standard InChI is InChI=1S/C26H24N2O6S/c1-16-21-12-13-23(33-15-24(29)28-19-8-10-20(11-9-19)35(27,31)32)17(2)25(21)34-26(30)22(16)14-18-6-4-3-5-7-18/h3-13H,14-15H2,1-2H3,(H,28,29)(H2,27,31,32). The summed E-state index contributed by atoms with van der Waals surface area (Å²) in [5.41, 5.74) is 3.48. The number of fused-ring (bicyclic) bond motifs is 1. The summed E-state index contributed by atoms with van der Waals surface area (Å²) in [4.78, 5) is 25.0. The van der Waals surface area contributed by atoms with E-state index < -0.39 is 21.6 Å². The van der Waals surface area contributed by atoms with Crippen molar-refractivity contribution in [3.8, 4) is 5.75 Å². The van der Waals surface area contributed by atoms with Crippen molar-refractivity contribution in [1.82, 2.24) is 0 Å². The second kappa shape index (κ2) is 9.73. The average molecular weight is 493 g/mol. The number of anilines is 1. The number of benzene rings is 3. The van der Waals surface area contributed by atoms with Crippen LogP contribution in [0.2, 0.25) is 0 Å². The smallest absolute Gasteiger partial charge is 0.340 e. The number of carbonyl (C=O) groups is 1. The number of carbonyl (C=O) groups excluding carboxylic acids is 1. The summed E-state index contributed by atoms with van der Waals surface area (Å²) < 4.78 is 34.0. The Kier molecular flexibility index (Phi) is 6.72. The lowest BCUT2D eigenvalue weighted by Gasteiger charge is -2.13. The number of sulfonamides is 1. The van der Waals surface area contributed by atoms with Crippen LogP contribution in [0.1, 0.15) is 22.3 Å². The predicted octanol–water partition coefficient (Wildman–Crippen LogP) is 3.67. The summed E-state index contributed by atoms with van der Waals surface area (Å²) in [6.45, 7) is 3.37. The van der Waals surface area contributed by atoms with Crippen LogP contribution in [0.4, 0.5) is 5.69 Å². The molecule has 3 N–H and O–H groups in total. The fourth-order valence-electron chi connectivity index (χ4n) is 3.80. The first-order valence-electron chi connectivity index (χ1n) is 10.8. The molecule has 3 aromatic carbocycles. The molecule has 0 bridgehead atoms. The molecule has 9 heteroatoms. The minimum Gasteiger partial charge on any atom is -0.483 e. The van der Waals surface area contributed by atoms with E-state index in [0.29, 0.717) is 34.6 Å². The van der Waals surface area contributed by atoms with Gasteiger partial charge in [0.05, 0.1) is 4.90 Å². The highest BCUT2D eigenvalue weighted by molar-refractivity contribution is 7.89. The van der Waals surface area contributed by atoms with E-state index in [1.165, 1.54) is 24.3 Å². The van der Waals surface area contributed by atoms with E-state index in [9.17, 15) is 18.0 Å². The van der Waals surface area contributed by atoms with E-state index in [1.807, 2.05) is 43.3 Å². The summed E-state index contributed by atoms with van der Waals surface area (Å²) in [5, 5.41) is 8.50. The molecule has 0 radical (unpaired) electrons. The molecule has 0 atom stereocenters. The van der Waals surface area contributed by atoms with E-state index >= 15 is 0 Å². The van der Waals surface area contributed by atoms with E-state index in [2.05, 4.69) is 5.32 Å². The van der Waals surface area contributed by atoms with Crippen LogP contribution in [-0.2, 0) is 21.2 Å². The molecule has 0 saturated heterocycles. The molecule has 0 aliphatic carbocycles. The maximum atomic E-state index is 12.8. The van der Waals surface area contributed by atoms with Crippen LogP contribution in [0.5, 0.6) is 5.75 Å². The molecule has 180 valence electrons. The van der Waals surface area contributed by atoms with Crippen LogP contribution in [0.3, 0.4) is 0 Å². The highest BCUT2D eigenvalue weighted by atomic mass is 32.2. The van der Waals surface area contributed by atoms with Gasteiger partial charge in [-0.15, -0.1) is 0 Å². The van der Waals surface area contributed by atoms with Crippen molar-refractivity contribution in [2.24, 2.45) is 5.14 Å². The summed E-state index contributed by atoms with van der Waals surface area (Å²) in [6.07, 6.45) is 0.473. The van der Waals surface area contributed by atoms with Crippen LogP contribution in [0.15, 0.2) is 80.8 Å². The maximum Gasteiger partial charge on any atom is 0.340 e. The maximum absolute atomic E-state index is 12.8. The normalized spacial score (nSPS) is 11.4. The van der Waals surface area contributed by atoms with Gasteiger partial charge in [0.1, 0.15) is 11.3 Å². The number of rotatable bonds is 7. The minimum atomic E-state index is -3.81. The van der Waals surface area contributed by atoms with Crippen LogP contribution in [-0.4, -0.2) is 20.9 Å². The monoisotopic (exact) mass is 492 g/mol. The van der Waals surface area contributed by atoms with Crippen molar-refractivity contribution < 1.29 is 22.4 Å². The van der Waals surface area contributed by atoms with E-state index in [-0.39, 0.29) is 11.5 Å². The fourth-order valence-corrected chi connectivity index (χ4v) is 4.32. The van der Waals surface area contributed by atoms with Crippen LogP contribution >= 0.6 is 0 Å². The van der Waals surface area contributed by atoms with E-state index in [1.54, 1.807) is 13.0 Å². The molecule has 35 heavy (non-hydrogen) atoms. The minimum absolute atomic E-state index is 0.0535. The Hall–Kier alpha value is -3.95. The Bertz CT molecular complexity index is 1560. The Labute approximate surface area is 202 Å². The highest BCUT2D eigenvalue weighted by Crippen LogP contribution is 2.30. The highest BCUT2D eigenvalue weighted by Gasteiger charge is 2.16. The molecule has 0 fully saturated rings. The molecule has 4 rings (SSSR count). The van der Waals surface area contributed by atoms with Gasteiger partial charge < -0.3 is 14.5 Å². The third kappa shape index (κ3) is 5.42. The van der Waals surface area contributed by atoms with E-state index in [0.717, 1.165) is 16.5 Å². The summed E-state index contributed by atoms with van der Waals surface area (Å²) in [7, 11) is -3.81. The molecule has 0 saturated carbocycles. The van der Waals surface area contributed by atoms with Crippen molar-refractivity contribution in [3.63, 3.8) is 0 Å². The van der Waals surface area contributed by atoms with Gasteiger partial charge in [0.25, 0.3) is 5.91 Å². The molecule has 0 spiro atoms. The Morgan fingerprint density at radius 2 is 1.66 bits per heavy atom. The quantitative estimate of drug-likeness (QED) is 0.379. The molecule has 1 amide bonds. The fraction of sp³-hybridized carbons (Fsp3) is 0.154. The number of amides is 1. The SMILES string of the molecule is Cc1c(Cc2ccccc2)c(=O)oc2c(C)c(OCC(=O)Nc3ccc(S(N)(=O)=O)cc3)ccc12. The first-order valence-corrected chi connectivity index (χ1v) is 12.3. The van der Waals surface area contributed by atoms with Gasteiger partial charge in [-0.05, 0) is 61.4 Å². The van der Waals surface area contributed by atoms with Crippen molar-refractivity contribution in [2.45, 2.75) is 25.2 Å². The van der Waals surface area contributed by atoms with E-state index in [4.69, 9.17) is 14.3 Å². The molecule has 1 heterocycles. The number of hydrogen-bond acceptors (Lipinski definition) is 6. The van der Waals surface area contributed by atoms with Gasteiger partial charge in [-0.25, -0.2) is 18.4 Å². The number of primary sulfonamides is 1. The number of nitrogens with two attached hydrogens (primary N) is 1. The molecule has 1 aromatic heterocycles. The first-order chi connectivity index (χ1) is 16.6. The number of hydrogen-bond donors (Lipinski definition) is 2. The van der Waals surface area contributed by atoms with Crippen LogP contribution in [0.25, 0.3) is 11.0 Å². The number of ether oxygens (including phenoxy) is 1. The topological polar surface area (TPSA) is 129 Å². The zero-order chi connectivity index (χ0) is 25.2. The summed E-state index contributed by atoms with van der Waals surface area (Å²) in [6, 6.07) is 18.7. The largest absolute Gasteiger partial charge is 0.483 e. The van der Waals surface area contributed by atoms with Gasteiger partial charge in [0.15, 0.2) is 6.61 Å². The molecule has 8 nitrogen and oxygen atoms in total. The Morgan fingerprint density at radius 3 is 2.31 bits per heavy atom. The van der Waals surface area contributed by atoms with Gasteiger partial charge >= 0.3 is 5.63 Å². The molecule has 0 unspecified atom stereocenters. The Morgan fingerprint density at radius 1 is 0.971 bits per heavy atom. The zero-order valence-electron chi connectivity index (χ0n) is 19.2. The molecular formula is C26H24N2O6S. The lowest BCUT2D eigenvalue weighted by Crippen LogP contribution is -2.20. The second-order valence-corrected chi connectivity index (χ2v) is 9.69. The third-order valence-electron chi connectivity index (χ3n) is 5.70. The lowest BCUT2D eigenvalue weighted by atomic mass is 9.98. The lowest BCUT2D eigenvalue weighted by molar-refractivity contribution is -0.118. The van der Waals surface area contributed by atoms with Gasteiger partial charge in [-0.3, -0.25) is 4.79 Å². The van der Waals surface area contributed by atoms with Crippen molar-refractivity contribution >= 4 is 32.6 Å². The van der Waals surface area contributed by atoms with Crippen molar-refractivity contribution in [1.29, 1.82) is 0 Å². The van der Waals surface area contributed by atoms with Gasteiger partial charge in [0.2, 0.25) is 10.0 Å². The first kappa shape index (κ1) is 24.2. The second-order valence-electron chi connectivity index (χ2n) is 8.13. The number of nitrogens with one attached hydrogen (secondary N) is 1. The average Bonchev–Trinajstić information content (AvgIpc) is 2.82. The molecule has 0 aliphatic rings. The van der Waals surface area contributed by atoms with Crippen LogP contribution in [0, 0.1) is 13.8 Å². The van der Waals surface area contributed by atoms with Gasteiger partial charge in [0, 0.05) is 28.6 Å². The zero-order valence-corrected chi connectivity index (χ0v) is 20.0. The summed E-state index contributed by atoms with van der Waals surface area (Å²) >= 11 is 0. The summed E-state index contributed by atoms with van der Waals surface area (Å²) in [5.74, 6) is -0.0284. The van der Waals surface area contributed by atoms with Crippen LogP contribution < -0.4 is 20.8 Å². The Balaban J connectivity index is 1.50. The van der Waals surface area contributed by atoms with Crippen molar-refractivity contribution in [3.05, 3.63) is 99.4 Å². The molecule has 0 aliphatic heterocycles. The van der Waals surface area contributed by atoms with Gasteiger partial charge in [-0.2, -0.15) is 0 Å². The molecule has 4 aromatic rings.